The summed E-state index contributed by atoms with van der Waals surface area (Å²) in [6.07, 6.45) is 1.04. The molecule has 8 heteroatoms. The minimum atomic E-state index is -0.0794. The van der Waals surface area contributed by atoms with Crippen LogP contribution >= 0.6 is 24.0 Å². The Morgan fingerprint density at radius 2 is 1.81 bits per heavy atom. The molecule has 0 saturated carbocycles. The molecule has 3 rings (SSSR count). The van der Waals surface area contributed by atoms with E-state index in [-0.39, 0.29) is 36.4 Å². The van der Waals surface area contributed by atoms with Gasteiger partial charge in [0.2, 0.25) is 5.91 Å². The van der Waals surface area contributed by atoms with Gasteiger partial charge in [0, 0.05) is 38.8 Å². The zero-order chi connectivity index (χ0) is 22.1. The maximum Gasteiger partial charge on any atom is 0.239 e. The van der Waals surface area contributed by atoms with E-state index in [0.29, 0.717) is 24.6 Å². The Kier molecular flexibility index (Phi) is 10.8. The number of nitrogens with one attached hydrogen (secondary N) is 3. The summed E-state index contributed by atoms with van der Waals surface area (Å²) in [6.45, 7) is 4.80. The Bertz CT molecular complexity index is 860. The number of aliphatic imine (C=N–C) groups is 1. The van der Waals surface area contributed by atoms with Gasteiger partial charge in [0.1, 0.15) is 5.75 Å². The molecule has 1 amide bonds. The molecule has 32 heavy (non-hydrogen) atoms. The van der Waals surface area contributed by atoms with Gasteiger partial charge in [-0.1, -0.05) is 42.5 Å². The Balaban J connectivity index is 0.00000363. The monoisotopic (exact) mass is 551 g/mol. The minimum Gasteiger partial charge on any atom is -0.497 e. The molecule has 174 valence electrons. The number of hydrogen-bond acceptors (Lipinski definition) is 4. The van der Waals surface area contributed by atoms with Crippen LogP contribution in [-0.4, -0.2) is 56.1 Å². The predicted octanol–water partition coefficient (Wildman–Crippen LogP) is 2.76. The van der Waals surface area contributed by atoms with Gasteiger partial charge in [-0.25, -0.2) is 0 Å². The fraction of sp³-hybridized carbons (Fsp3) is 0.417. The van der Waals surface area contributed by atoms with Crippen molar-refractivity contribution in [3.05, 3.63) is 65.7 Å². The molecule has 7 nitrogen and oxygen atoms in total. The first kappa shape index (κ1) is 25.9. The van der Waals surface area contributed by atoms with E-state index in [9.17, 15) is 4.79 Å². The van der Waals surface area contributed by atoms with Crippen LogP contribution in [0.5, 0.6) is 5.75 Å². The summed E-state index contributed by atoms with van der Waals surface area (Å²) in [6, 6.07) is 19.0. The van der Waals surface area contributed by atoms with Crippen molar-refractivity contribution in [1.29, 1.82) is 0 Å². The zero-order valence-corrected chi connectivity index (χ0v) is 21.3. The van der Waals surface area contributed by atoms with Crippen LogP contribution in [0, 0.1) is 0 Å². The SMILES string of the molecule is CN=C(NCC(=O)NCc1ccc(OC)cc1)NC1CC(C)N(Cc2ccccc2)C1.I. The Morgan fingerprint density at radius 1 is 1.09 bits per heavy atom. The van der Waals surface area contributed by atoms with Crippen molar-refractivity contribution in [2.24, 2.45) is 4.99 Å². The highest BCUT2D eigenvalue weighted by Gasteiger charge is 2.29. The summed E-state index contributed by atoms with van der Waals surface area (Å²) in [4.78, 5) is 19.0. The highest BCUT2D eigenvalue weighted by molar-refractivity contribution is 14.0. The number of guanidine groups is 1. The van der Waals surface area contributed by atoms with Gasteiger partial charge >= 0.3 is 0 Å². The average Bonchev–Trinajstić information content (AvgIpc) is 3.14. The highest BCUT2D eigenvalue weighted by atomic mass is 127. The van der Waals surface area contributed by atoms with Crippen LogP contribution < -0.4 is 20.7 Å². The maximum absolute atomic E-state index is 12.2. The molecule has 1 fully saturated rings. The van der Waals surface area contributed by atoms with E-state index in [0.717, 1.165) is 30.8 Å². The number of benzene rings is 2. The first-order valence-corrected chi connectivity index (χ1v) is 10.7. The number of carbonyl (C=O) groups is 1. The molecule has 2 unspecified atom stereocenters. The number of nitrogens with zero attached hydrogens (tertiary/aromatic N) is 2. The second kappa shape index (κ2) is 13.3. The third-order valence-corrected chi connectivity index (χ3v) is 5.56. The molecule has 3 N–H and O–H groups in total. The third kappa shape index (κ3) is 7.98. The lowest BCUT2D eigenvalue weighted by Gasteiger charge is -2.21. The van der Waals surface area contributed by atoms with E-state index in [1.165, 1.54) is 5.56 Å². The van der Waals surface area contributed by atoms with Crippen molar-refractivity contribution in [3.63, 3.8) is 0 Å². The number of hydrogen-bond donors (Lipinski definition) is 3. The van der Waals surface area contributed by atoms with E-state index >= 15 is 0 Å². The first-order chi connectivity index (χ1) is 15.1. The number of methoxy groups -OCH3 is 1. The summed E-state index contributed by atoms with van der Waals surface area (Å²) in [5.74, 6) is 1.37. The highest BCUT2D eigenvalue weighted by Crippen LogP contribution is 2.20. The summed E-state index contributed by atoms with van der Waals surface area (Å²) >= 11 is 0. The van der Waals surface area contributed by atoms with Crippen LogP contribution in [0.2, 0.25) is 0 Å². The van der Waals surface area contributed by atoms with Gasteiger partial charge in [0.15, 0.2) is 5.96 Å². The van der Waals surface area contributed by atoms with E-state index in [4.69, 9.17) is 4.74 Å². The summed E-state index contributed by atoms with van der Waals surface area (Å²) in [5, 5.41) is 9.49. The molecular weight excluding hydrogens is 517 g/mol. The van der Waals surface area contributed by atoms with Gasteiger partial charge in [-0.05, 0) is 36.6 Å². The van der Waals surface area contributed by atoms with E-state index < -0.39 is 0 Å². The fourth-order valence-corrected chi connectivity index (χ4v) is 3.80. The number of amides is 1. The topological polar surface area (TPSA) is 78.0 Å². The van der Waals surface area contributed by atoms with Gasteiger partial charge in [0.25, 0.3) is 0 Å². The number of halogens is 1. The van der Waals surface area contributed by atoms with E-state index in [1.54, 1.807) is 14.2 Å². The standard InChI is InChI=1S/C24H33N5O2.HI/c1-18-13-21(17-29(18)16-20-7-5-4-6-8-20)28-24(25-2)27-15-23(30)26-14-19-9-11-22(31-3)12-10-19;/h4-12,18,21H,13-17H2,1-3H3,(H,26,30)(H2,25,27,28);1H. The second-order valence-electron chi connectivity index (χ2n) is 7.89. The number of rotatable bonds is 8. The van der Waals surface area contributed by atoms with Gasteiger partial charge in [0.05, 0.1) is 13.7 Å². The molecule has 2 atom stereocenters. The first-order valence-electron chi connectivity index (χ1n) is 10.7. The normalized spacial score (nSPS) is 18.5. The van der Waals surface area contributed by atoms with Crippen LogP contribution in [0.3, 0.4) is 0 Å². The lowest BCUT2D eigenvalue weighted by molar-refractivity contribution is -0.120. The van der Waals surface area contributed by atoms with Crippen molar-refractivity contribution in [2.45, 2.75) is 38.5 Å². The van der Waals surface area contributed by atoms with Gasteiger partial charge in [-0.2, -0.15) is 0 Å². The van der Waals surface area contributed by atoms with Crippen molar-refractivity contribution in [1.82, 2.24) is 20.9 Å². The Labute approximate surface area is 208 Å². The second-order valence-corrected chi connectivity index (χ2v) is 7.89. The molecule has 1 saturated heterocycles. The summed E-state index contributed by atoms with van der Waals surface area (Å²) in [5.41, 5.74) is 2.35. The molecule has 1 aliphatic rings. The van der Waals surface area contributed by atoms with Crippen molar-refractivity contribution >= 4 is 35.8 Å². The molecule has 0 aliphatic carbocycles. The van der Waals surface area contributed by atoms with Gasteiger partial charge in [-0.3, -0.25) is 14.7 Å². The summed E-state index contributed by atoms with van der Waals surface area (Å²) < 4.78 is 5.15. The Hall–Kier alpha value is -2.33. The van der Waals surface area contributed by atoms with Gasteiger partial charge < -0.3 is 20.7 Å². The van der Waals surface area contributed by atoms with Crippen molar-refractivity contribution in [2.75, 3.05) is 27.2 Å². The van der Waals surface area contributed by atoms with E-state index in [2.05, 4.69) is 57.0 Å². The number of likely N-dealkylation sites (tertiary alicyclic amines) is 1. The van der Waals surface area contributed by atoms with Crippen LogP contribution in [0.15, 0.2) is 59.6 Å². The molecule has 0 spiro atoms. The molecule has 2 aromatic carbocycles. The van der Waals surface area contributed by atoms with Crippen LogP contribution in [-0.2, 0) is 17.9 Å². The molecular formula is C24H34IN5O2. The quantitative estimate of drug-likeness (QED) is 0.267. The molecule has 0 bridgehead atoms. The fourth-order valence-electron chi connectivity index (χ4n) is 3.80. The van der Waals surface area contributed by atoms with Crippen LogP contribution in [0.1, 0.15) is 24.5 Å². The zero-order valence-electron chi connectivity index (χ0n) is 19.0. The number of carbonyl (C=O) groups excluding carboxylic acids is 1. The lowest BCUT2D eigenvalue weighted by Crippen LogP contribution is -2.47. The van der Waals surface area contributed by atoms with Gasteiger partial charge in [-0.15, -0.1) is 24.0 Å². The van der Waals surface area contributed by atoms with Crippen LogP contribution in [0.25, 0.3) is 0 Å². The Morgan fingerprint density at radius 3 is 2.47 bits per heavy atom. The van der Waals surface area contributed by atoms with Crippen molar-refractivity contribution in [3.8, 4) is 5.75 Å². The molecule has 1 aliphatic heterocycles. The predicted molar refractivity (Wildman–Crippen MR) is 139 cm³/mol. The third-order valence-electron chi connectivity index (χ3n) is 5.56. The minimum absolute atomic E-state index is 0. The van der Waals surface area contributed by atoms with E-state index in [1.807, 2.05) is 30.3 Å². The molecule has 1 heterocycles. The smallest absolute Gasteiger partial charge is 0.239 e. The molecule has 0 aromatic heterocycles. The molecule has 0 radical (unpaired) electrons. The maximum atomic E-state index is 12.2. The largest absolute Gasteiger partial charge is 0.497 e. The average molecular weight is 551 g/mol. The summed E-state index contributed by atoms with van der Waals surface area (Å²) in [7, 11) is 3.36. The van der Waals surface area contributed by atoms with Crippen molar-refractivity contribution < 1.29 is 9.53 Å². The lowest BCUT2D eigenvalue weighted by atomic mass is 10.2. The number of ether oxygens (including phenoxy) is 1. The molecule has 2 aromatic rings. The van der Waals surface area contributed by atoms with Crippen LogP contribution in [0.4, 0.5) is 0 Å².